The van der Waals surface area contributed by atoms with E-state index in [-0.39, 0.29) is 12.5 Å². The van der Waals surface area contributed by atoms with Crippen LogP contribution >= 0.6 is 11.6 Å². The van der Waals surface area contributed by atoms with Gasteiger partial charge in [0.1, 0.15) is 6.61 Å². The summed E-state index contributed by atoms with van der Waals surface area (Å²) in [6, 6.07) is 7.22. The second kappa shape index (κ2) is 6.33. The van der Waals surface area contributed by atoms with E-state index in [1.807, 2.05) is 25.1 Å². The molecular weight excluding hydrogens is 269 g/mol. The molecule has 0 atom stereocenters. The Labute approximate surface area is 115 Å². The molecule has 4 nitrogen and oxygen atoms in total. The van der Waals surface area contributed by atoms with Crippen LogP contribution in [0.2, 0.25) is 5.02 Å². The van der Waals surface area contributed by atoms with Gasteiger partial charge in [0.25, 0.3) is 5.88 Å². The van der Waals surface area contributed by atoms with E-state index in [4.69, 9.17) is 16.3 Å². The van der Waals surface area contributed by atoms with E-state index < -0.39 is 5.82 Å². The van der Waals surface area contributed by atoms with Gasteiger partial charge in [-0.05, 0) is 13.0 Å². The maximum Gasteiger partial charge on any atom is 0.255 e. The van der Waals surface area contributed by atoms with Crippen LogP contribution in [-0.4, -0.2) is 16.5 Å². The van der Waals surface area contributed by atoms with E-state index in [1.54, 1.807) is 6.07 Å². The molecule has 1 aromatic heterocycles. The molecule has 100 valence electrons. The smallest absolute Gasteiger partial charge is 0.255 e. The van der Waals surface area contributed by atoms with Crippen LogP contribution in [0.1, 0.15) is 12.5 Å². The van der Waals surface area contributed by atoms with Crippen molar-refractivity contribution in [2.75, 3.05) is 11.9 Å². The minimum Gasteiger partial charge on any atom is -0.471 e. The monoisotopic (exact) mass is 281 g/mol. The van der Waals surface area contributed by atoms with Gasteiger partial charge in [0.2, 0.25) is 11.8 Å². The Balaban J connectivity index is 2.10. The zero-order valence-corrected chi connectivity index (χ0v) is 11.1. The maximum atomic E-state index is 13.5. The molecule has 0 radical (unpaired) electrons. The maximum absolute atomic E-state index is 13.5. The van der Waals surface area contributed by atoms with Gasteiger partial charge in [0.05, 0.1) is 6.20 Å². The first-order valence-corrected chi connectivity index (χ1v) is 6.21. The summed E-state index contributed by atoms with van der Waals surface area (Å²) in [4.78, 5) is 7.74. The first-order valence-electron chi connectivity index (χ1n) is 5.83. The van der Waals surface area contributed by atoms with E-state index in [0.717, 1.165) is 11.8 Å². The van der Waals surface area contributed by atoms with Crippen LogP contribution in [-0.2, 0) is 6.61 Å². The summed E-state index contributed by atoms with van der Waals surface area (Å²) < 4.78 is 18.8. The minimum atomic E-state index is -0.603. The van der Waals surface area contributed by atoms with Crippen LogP contribution in [0.3, 0.4) is 0 Å². The lowest BCUT2D eigenvalue weighted by molar-refractivity contribution is 0.276. The number of anilines is 1. The number of benzene rings is 1. The Bertz CT molecular complexity index is 565. The highest BCUT2D eigenvalue weighted by Crippen LogP contribution is 2.19. The molecule has 0 amide bonds. The molecule has 0 aliphatic carbocycles. The summed E-state index contributed by atoms with van der Waals surface area (Å²) in [5.74, 6) is -0.363. The average Bonchev–Trinajstić information content (AvgIpc) is 2.41. The van der Waals surface area contributed by atoms with E-state index >= 15 is 0 Å². The van der Waals surface area contributed by atoms with Gasteiger partial charge in [0, 0.05) is 17.1 Å². The molecule has 6 heteroatoms. The molecule has 0 unspecified atom stereocenters. The molecule has 0 aliphatic heterocycles. The van der Waals surface area contributed by atoms with Gasteiger partial charge >= 0.3 is 0 Å². The predicted octanol–water partition coefficient (Wildman–Crippen LogP) is 3.28. The summed E-state index contributed by atoms with van der Waals surface area (Å²) >= 11 is 5.99. The zero-order valence-electron chi connectivity index (χ0n) is 10.4. The lowest BCUT2D eigenvalue weighted by atomic mass is 10.2. The van der Waals surface area contributed by atoms with Gasteiger partial charge in [-0.25, -0.2) is 4.98 Å². The van der Waals surface area contributed by atoms with Crippen molar-refractivity contribution in [3.8, 4) is 5.88 Å². The fourth-order valence-electron chi connectivity index (χ4n) is 1.46. The van der Waals surface area contributed by atoms with Crippen LogP contribution in [0.5, 0.6) is 5.88 Å². The summed E-state index contributed by atoms with van der Waals surface area (Å²) in [7, 11) is 0. The lowest BCUT2D eigenvalue weighted by Crippen LogP contribution is -2.06. The summed E-state index contributed by atoms with van der Waals surface area (Å²) in [5.41, 5.74) is 0.771. The number of aromatic nitrogens is 2. The van der Waals surface area contributed by atoms with E-state index in [2.05, 4.69) is 15.3 Å². The third kappa shape index (κ3) is 3.54. The summed E-state index contributed by atoms with van der Waals surface area (Å²) in [6.45, 7) is 2.70. The second-order valence-electron chi connectivity index (χ2n) is 3.76. The first-order chi connectivity index (χ1) is 9.20. The number of ether oxygens (including phenoxy) is 1. The normalized spacial score (nSPS) is 10.3. The van der Waals surface area contributed by atoms with Crippen LogP contribution < -0.4 is 10.1 Å². The number of halogens is 2. The molecular formula is C13H13ClFN3O. The number of rotatable bonds is 5. The summed E-state index contributed by atoms with van der Waals surface area (Å²) in [5, 5.41) is 3.46. The average molecular weight is 282 g/mol. The molecule has 19 heavy (non-hydrogen) atoms. The standard InChI is InChI=1S/C13H13ClFN3O/c1-2-16-13-17-7-11(15)12(18-13)19-8-9-5-3-4-6-10(9)14/h3-7H,2,8H2,1H3,(H,16,17,18). The number of nitrogens with one attached hydrogen (secondary N) is 1. The molecule has 1 N–H and O–H groups in total. The highest BCUT2D eigenvalue weighted by atomic mass is 35.5. The lowest BCUT2D eigenvalue weighted by Gasteiger charge is -2.09. The highest BCUT2D eigenvalue weighted by Gasteiger charge is 2.09. The molecule has 0 spiro atoms. The summed E-state index contributed by atoms with van der Waals surface area (Å²) in [6.07, 6.45) is 1.08. The third-order valence-corrected chi connectivity index (χ3v) is 2.74. The van der Waals surface area contributed by atoms with Crippen LogP contribution in [0.4, 0.5) is 10.3 Å². The van der Waals surface area contributed by atoms with Crippen molar-refractivity contribution < 1.29 is 9.13 Å². The van der Waals surface area contributed by atoms with Gasteiger partial charge in [-0.1, -0.05) is 29.8 Å². The van der Waals surface area contributed by atoms with E-state index in [1.165, 1.54) is 0 Å². The molecule has 0 bridgehead atoms. The fraction of sp³-hybridized carbons (Fsp3) is 0.231. The van der Waals surface area contributed by atoms with Gasteiger partial charge in [-0.3, -0.25) is 0 Å². The molecule has 1 heterocycles. The van der Waals surface area contributed by atoms with Crippen LogP contribution in [0.15, 0.2) is 30.5 Å². The van der Waals surface area contributed by atoms with Crippen molar-refractivity contribution in [1.29, 1.82) is 0 Å². The van der Waals surface area contributed by atoms with Crippen molar-refractivity contribution in [2.45, 2.75) is 13.5 Å². The Morgan fingerprint density at radius 3 is 2.89 bits per heavy atom. The molecule has 2 rings (SSSR count). The van der Waals surface area contributed by atoms with Crippen molar-refractivity contribution in [2.24, 2.45) is 0 Å². The predicted molar refractivity (Wildman–Crippen MR) is 71.9 cm³/mol. The highest BCUT2D eigenvalue weighted by molar-refractivity contribution is 6.31. The van der Waals surface area contributed by atoms with Crippen molar-refractivity contribution in [3.63, 3.8) is 0 Å². The number of hydrogen-bond acceptors (Lipinski definition) is 4. The minimum absolute atomic E-state index is 0.0918. The zero-order chi connectivity index (χ0) is 13.7. The SMILES string of the molecule is CCNc1ncc(F)c(OCc2ccccc2Cl)n1. The van der Waals surface area contributed by atoms with Gasteiger partial charge in [-0.2, -0.15) is 9.37 Å². The van der Waals surface area contributed by atoms with E-state index in [0.29, 0.717) is 17.5 Å². The van der Waals surface area contributed by atoms with Gasteiger partial charge in [0.15, 0.2) is 0 Å². The second-order valence-corrected chi connectivity index (χ2v) is 4.16. The first kappa shape index (κ1) is 13.5. The molecule has 0 fully saturated rings. The Hall–Kier alpha value is -1.88. The number of nitrogens with zero attached hydrogens (tertiary/aromatic N) is 2. The molecule has 0 aliphatic rings. The topological polar surface area (TPSA) is 47.0 Å². The molecule has 2 aromatic rings. The molecule has 0 saturated heterocycles. The van der Waals surface area contributed by atoms with Gasteiger partial charge in [-0.15, -0.1) is 0 Å². The Morgan fingerprint density at radius 1 is 1.37 bits per heavy atom. The molecule has 1 aromatic carbocycles. The van der Waals surface area contributed by atoms with Crippen molar-refractivity contribution >= 4 is 17.5 Å². The fourth-order valence-corrected chi connectivity index (χ4v) is 1.65. The van der Waals surface area contributed by atoms with Gasteiger partial charge < -0.3 is 10.1 Å². The third-order valence-electron chi connectivity index (χ3n) is 2.37. The van der Waals surface area contributed by atoms with Crippen molar-refractivity contribution in [1.82, 2.24) is 9.97 Å². The van der Waals surface area contributed by atoms with E-state index in [9.17, 15) is 4.39 Å². The number of hydrogen-bond donors (Lipinski definition) is 1. The largest absolute Gasteiger partial charge is 0.471 e. The van der Waals surface area contributed by atoms with Crippen LogP contribution in [0, 0.1) is 5.82 Å². The van der Waals surface area contributed by atoms with Crippen molar-refractivity contribution in [3.05, 3.63) is 46.9 Å². The Kier molecular flexibility index (Phi) is 4.52. The Morgan fingerprint density at radius 2 is 2.16 bits per heavy atom. The van der Waals surface area contributed by atoms with Crippen LogP contribution in [0.25, 0.3) is 0 Å². The molecule has 0 saturated carbocycles. The quantitative estimate of drug-likeness (QED) is 0.914.